The standard InChI is InChI=1S/C15H19N5O7/c1-7-4-19(15(24)17-14(7)23)12-3-9(13(27-12)10(22)6-21)18-5-11(20(25)26)16-8(18)2/h4-5,9-10,12-13,21-22H,3,6H2,1-2H3,(H,17,23,24)/t9-,10?,12+,13-/m0/s1. The topological polar surface area (TPSA) is 166 Å². The summed E-state index contributed by atoms with van der Waals surface area (Å²) in [6.07, 6.45) is -0.317. The molecule has 1 unspecified atom stereocenters. The molecule has 3 N–H and O–H groups in total. The molecule has 1 saturated heterocycles. The molecule has 0 bridgehead atoms. The van der Waals surface area contributed by atoms with Gasteiger partial charge >= 0.3 is 11.5 Å². The molecule has 4 atom stereocenters. The number of rotatable bonds is 5. The molecule has 12 nitrogen and oxygen atoms in total. The largest absolute Gasteiger partial charge is 0.394 e. The van der Waals surface area contributed by atoms with E-state index in [0.717, 1.165) is 0 Å². The number of hydrogen-bond acceptors (Lipinski definition) is 8. The van der Waals surface area contributed by atoms with Crippen molar-refractivity contribution in [3.05, 3.63) is 54.7 Å². The van der Waals surface area contributed by atoms with E-state index in [1.54, 1.807) is 6.92 Å². The van der Waals surface area contributed by atoms with E-state index in [-0.39, 0.29) is 12.2 Å². The first kappa shape index (κ1) is 18.9. The van der Waals surface area contributed by atoms with Crippen LogP contribution in [0.2, 0.25) is 0 Å². The van der Waals surface area contributed by atoms with Gasteiger partial charge in [0, 0.05) is 25.1 Å². The molecule has 27 heavy (non-hydrogen) atoms. The molecule has 12 heteroatoms. The van der Waals surface area contributed by atoms with Crippen molar-refractivity contribution in [3.8, 4) is 0 Å². The highest BCUT2D eigenvalue weighted by Gasteiger charge is 2.43. The lowest BCUT2D eigenvalue weighted by molar-refractivity contribution is -0.389. The first-order valence-electron chi connectivity index (χ1n) is 8.19. The molecule has 0 spiro atoms. The zero-order valence-electron chi connectivity index (χ0n) is 14.6. The van der Waals surface area contributed by atoms with Crippen LogP contribution in [0.5, 0.6) is 0 Å². The Morgan fingerprint density at radius 2 is 2.11 bits per heavy atom. The first-order valence-corrected chi connectivity index (χ1v) is 8.19. The van der Waals surface area contributed by atoms with Gasteiger partial charge < -0.3 is 29.6 Å². The van der Waals surface area contributed by atoms with Crippen LogP contribution in [0.4, 0.5) is 5.82 Å². The van der Waals surface area contributed by atoms with Gasteiger partial charge in [0.05, 0.1) is 12.6 Å². The highest BCUT2D eigenvalue weighted by molar-refractivity contribution is 5.18. The fraction of sp³-hybridized carbons (Fsp3) is 0.533. The van der Waals surface area contributed by atoms with E-state index in [9.17, 15) is 29.9 Å². The summed E-state index contributed by atoms with van der Waals surface area (Å²) in [7, 11) is 0. The highest BCUT2D eigenvalue weighted by atomic mass is 16.6. The van der Waals surface area contributed by atoms with Crippen molar-refractivity contribution in [1.82, 2.24) is 19.1 Å². The second-order valence-corrected chi connectivity index (χ2v) is 6.40. The minimum atomic E-state index is -1.28. The van der Waals surface area contributed by atoms with Crippen molar-refractivity contribution >= 4 is 5.82 Å². The fourth-order valence-electron chi connectivity index (χ4n) is 3.26. The van der Waals surface area contributed by atoms with Crippen LogP contribution in [0.3, 0.4) is 0 Å². The van der Waals surface area contributed by atoms with Gasteiger partial charge in [0.2, 0.25) is 5.82 Å². The normalized spacial score (nSPS) is 23.5. The Labute approximate surface area is 151 Å². The van der Waals surface area contributed by atoms with Crippen molar-refractivity contribution < 1.29 is 19.9 Å². The lowest BCUT2D eigenvalue weighted by atomic mass is 10.0. The lowest BCUT2D eigenvalue weighted by Gasteiger charge is -2.23. The number of aliphatic hydroxyl groups excluding tert-OH is 2. The van der Waals surface area contributed by atoms with Gasteiger partial charge in [0.15, 0.2) is 0 Å². The number of nitro groups is 1. The van der Waals surface area contributed by atoms with E-state index in [1.165, 1.54) is 28.5 Å². The van der Waals surface area contributed by atoms with Crippen molar-refractivity contribution in [2.45, 2.75) is 44.7 Å². The molecule has 146 valence electrons. The maximum Gasteiger partial charge on any atom is 0.381 e. The smallest absolute Gasteiger partial charge is 0.381 e. The van der Waals surface area contributed by atoms with Gasteiger partial charge in [-0.2, -0.15) is 0 Å². The van der Waals surface area contributed by atoms with Crippen LogP contribution in [0.15, 0.2) is 22.0 Å². The minimum Gasteiger partial charge on any atom is -0.394 e. The number of ether oxygens (including phenoxy) is 1. The average molecular weight is 381 g/mol. The molecule has 0 saturated carbocycles. The zero-order valence-corrected chi connectivity index (χ0v) is 14.6. The molecule has 0 aromatic carbocycles. The number of H-pyrrole nitrogens is 1. The Kier molecular flexibility index (Phi) is 4.95. The summed E-state index contributed by atoms with van der Waals surface area (Å²) in [6.45, 7) is 2.51. The molecule has 1 aliphatic rings. The Morgan fingerprint density at radius 3 is 2.70 bits per heavy atom. The molecular formula is C15H19N5O7. The van der Waals surface area contributed by atoms with Gasteiger partial charge in [0.1, 0.15) is 24.6 Å². The van der Waals surface area contributed by atoms with Crippen molar-refractivity contribution in [2.75, 3.05) is 6.61 Å². The molecule has 0 aliphatic carbocycles. The SMILES string of the molecule is Cc1cn([C@H]2C[C@H](n3cc([N+](=O)[O-])nc3C)[C@@H](C(O)CO)O2)c(=O)[nH]c1=O. The first-order chi connectivity index (χ1) is 12.7. The second-order valence-electron chi connectivity index (χ2n) is 6.40. The average Bonchev–Trinajstić information content (AvgIpc) is 3.21. The van der Waals surface area contributed by atoms with Crippen molar-refractivity contribution in [2.24, 2.45) is 0 Å². The third kappa shape index (κ3) is 3.41. The summed E-state index contributed by atoms with van der Waals surface area (Å²) >= 11 is 0. The van der Waals surface area contributed by atoms with Crippen LogP contribution >= 0.6 is 0 Å². The van der Waals surface area contributed by atoms with Gasteiger partial charge in [-0.1, -0.05) is 0 Å². The fourth-order valence-corrected chi connectivity index (χ4v) is 3.26. The Balaban J connectivity index is 2.01. The quantitative estimate of drug-likeness (QED) is 0.444. The third-order valence-electron chi connectivity index (χ3n) is 4.61. The number of imidazole rings is 1. The number of hydrogen-bond donors (Lipinski definition) is 3. The van der Waals surface area contributed by atoms with Gasteiger partial charge in [-0.25, -0.2) is 4.79 Å². The monoisotopic (exact) mass is 381 g/mol. The van der Waals surface area contributed by atoms with Gasteiger partial charge in [0.25, 0.3) is 5.56 Å². The predicted octanol–water partition coefficient (Wildman–Crippen LogP) is -0.860. The molecule has 3 rings (SSSR count). The molecule has 3 heterocycles. The zero-order chi connectivity index (χ0) is 19.9. The minimum absolute atomic E-state index is 0.168. The van der Waals surface area contributed by atoms with Crippen LogP contribution < -0.4 is 11.2 Å². The summed E-state index contributed by atoms with van der Waals surface area (Å²) in [4.78, 5) is 40.1. The summed E-state index contributed by atoms with van der Waals surface area (Å²) in [6, 6.07) is -0.613. The number of nitrogens with one attached hydrogen (secondary N) is 1. The predicted molar refractivity (Wildman–Crippen MR) is 90.3 cm³/mol. The molecule has 0 amide bonds. The summed E-state index contributed by atoms with van der Waals surface area (Å²) in [5.41, 5.74) is -0.893. The highest BCUT2D eigenvalue weighted by Crippen LogP contribution is 2.39. The maximum atomic E-state index is 12.1. The Morgan fingerprint density at radius 1 is 1.41 bits per heavy atom. The molecule has 1 aliphatic heterocycles. The van der Waals surface area contributed by atoms with E-state index < -0.39 is 47.3 Å². The number of aliphatic hydroxyl groups is 2. The summed E-state index contributed by atoms with van der Waals surface area (Å²) in [5.74, 6) is -0.0265. The van der Waals surface area contributed by atoms with Gasteiger partial charge in [-0.3, -0.25) is 14.3 Å². The van der Waals surface area contributed by atoms with Crippen LogP contribution in [0.25, 0.3) is 0 Å². The molecule has 2 aromatic heterocycles. The maximum absolute atomic E-state index is 12.1. The summed E-state index contributed by atoms with van der Waals surface area (Å²) < 4.78 is 8.46. The van der Waals surface area contributed by atoms with E-state index in [2.05, 4.69) is 9.97 Å². The second kappa shape index (κ2) is 7.06. The molecule has 0 radical (unpaired) electrons. The van der Waals surface area contributed by atoms with Crippen LogP contribution in [0.1, 0.15) is 30.1 Å². The number of nitrogens with zero attached hydrogens (tertiary/aromatic N) is 4. The number of aryl methyl sites for hydroxylation is 2. The van der Waals surface area contributed by atoms with Crippen molar-refractivity contribution in [1.29, 1.82) is 0 Å². The molecule has 2 aromatic rings. The number of aromatic amines is 1. The van der Waals surface area contributed by atoms with Crippen LogP contribution in [-0.2, 0) is 4.74 Å². The van der Waals surface area contributed by atoms with E-state index in [4.69, 9.17) is 4.74 Å². The Bertz CT molecular complexity index is 978. The third-order valence-corrected chi connectivity index (χ3v) is 4.61. The van der Waals surface area contributed by atoms with Gasteiger partial charge in [-0.15, -0.1) is 0 Å². The van der Waals surface area contributed by atoms with Crippen molar-refractivity contribution in [3.63, 3.8) is 0 Å². The molecular weight excluding hydrogens is 362 g/mol. The van der Waals surface area contributed by atoms with E-state index in [0.29, 0.717) is 11.4 Å². The van der Waals surface area contributed by atoms with E-state index in [1.807, 2.05) is 0 Å². The van der Waals surface area contributed by atoms with Crippen LogP contribution in [-0.4, -0.2) is 53.1 Å². The van der Waals surface area contributed by atoms with E-state index >= 15 is 0 Å². The Hall–Kier alpha value is -2.83. The number of aromatic nitrogens is 4. The van der Waals surface area contributed by atoms with Gasteiger partial charge in [-0.05, 0) is 16.8 Å². The lowest BCUT2D eigenvalue weighted by Crippen LogP contribution is -2.36. The molecule has 1 fully saturated rings. The van der Waals surface area contributed by atoms with Crippen LogP contribution in [0, 0.1) is 24.0 Å². The summed E-state index contributed by atoms with van der Waals surface area (Å²) in [5, 5.41) is 30.5.